The van der Waals surface area contributed by atoms with Crippen LogP contribution in [0.4, 0.5) is 0 Å². The lowest BCUT2D eigenvalue weighted by Gasteiger charge is -2.23. The van der Waals surface area contributed by atoms with Crippen molar-refractivity contribution in [1.82, 2.24) is 5.32 Å². The summed E-state index contributed by atoms with van der Waals surface area (Å²) < 4.78 is 5.57. The highest BCUT2D eigenvalue weighted by molar-refractivity contribution is 5.91. The van der Waals surface area contributed by atoms with Crippen LogP contribution in [0.25, 0.3) is 0 Å². The lowest BCUT2D eigenvalue weighted by molar-refractivity contribution is -0.123. The van der Waals surface area contributed by atoms with Crippen LogP contribution in [-0.4, -0.2) is 23.6 Å². The third kappa shape index (κ3) is 6.77. The van der Waals surface area contributed by atoms with Crippen molar-refractivity contribution in [3.05, 3.63) is 29.3 Å². The number of hydrogen-bond donors (Lipinski definition) is 2. The highest BCUT2D eigenvalue weighted by Gasteiger charge is 2.22. The fraction of sp³-hybridized carbons (Fsp3) is 0.600. The number of benzene rings is 1. The molecule has 1 aromatic carbocycles. The van der Waals surface area contributed by atoms with Crippen LogP contribution in [-0.2, 0) is 4.79 Å². The minimum atomic E-state index is -1.03. The predicted octanol–water partition coefficient (Wildman–Crippen LogP) is 4.57. The minimum Gasteiger partial charge on any atom is -0.493 e. The second kappa shape index (κ2) is 9.44. The van der Waals surface area contributed by atoms with Crippen molar-refractivity contribution in [2.75, 3.05) is 6.61 Å². The van der Waals surface area contributed by atoms with Crippen LogP contribution < -0.4 is 10.1 Å². The molecule has 0 bridgehead atoms. The molecular formula is C20H31NO4. The molecule has 0 aliphatic heterocycles. The van der Waals surface area contributed by atoms with Gasteiger partial charge in [-0.1, -0.05) is 46.6 Å². The van der Waals surface area contributed by atoms with Crippen molar-refractivity contribution in [2.24, 2.45) is 5.41 Å². The number of aromatic carboxylic acids is 1. The summed E-state index contributed by atoms with van der Waals surface area (Å²) in [5, 5.41) is 12.4. The van der Waals surface area contributed by atoms with E-state index < -0.39 is 5.97 Å². The van der Waals surface area contributed by atoms with E-state index in [2.05, 4.69) is 33.0 Å². The lowest BCUT2D eigenvalue weighted by Crippen LogP contribution is -2.30. The maximum absolute atomic E-state index is 12.2. The zero-order valence-electron chi connectivity index (χ0n) is 16.0. The summed E-state index contributed by atoms with van der Waals surface area (Å²) in [7, 11) is 0. The first-order valence-corrected chi connectivity index (χ1v) is 8.99. The van der Waals surface area contributed by atoms with Gasteiger partial charge in [-0.3, -0.25) is 4.79 Å². The van der Waals surface area contributed by atoms with E-state index in [4.69, 9.17) is 4.74 Å². The molecular weight excluding hydrogens is 318 g/mol. The number of carbonyl (C=O) groups excluding carboxylic acids is 1. The molecule has 0 saturated heterocycles. The number of unbranched alkanes of at least 4 members (excludes halogenated alkanes) is 1. The topological polar surface area (TPSA) is 75.6 Å². The van der Waals surface area contributed by atoms with E-state index in [1.54, 1.807) is 12.1 Å². The Hall–Kier alpha value is -2.04. The molecule has 0 fully saturated rings. The van der Waals surface area contributed by atoms with Crippen molar-refractivity contribution in [2.45, 2.75) is 66.3 Å². The van der Waals surface area contributed by atoms with Gasteiger partial charge in [0.2, 0.25) is 5.91 Å². The minimum absolute atomic E-state index is 0.0282. The Balaban J connectivity index is 2.85. The van der Waals surface area contributed by atoms with E-state index in [0.717, 1.165) is 24.8 Å². The van der Waals surface area contributed by atoms with Gasteiger partial charge in [0.1, 0.15) is 11.3 Å². The second-order valence-corrected chi connectivity index (χ2v) is 7.25. The van der Waals surface area contributed by atoms with Crippen molar-refractivity contribution in [3.8, 4) is 5.75 Å². The van der Waals surface area contributed by atoms with Crippen LogP contribution >= 0.6 is 0 Å². The van der Waals surface area contributed by atoms with Crippen molar-refractivity contribution in [1.29, 1.82) is 0 Å². The Morgan fingerprint density at radius 2 is 1.96 bits per heavy atom. The van der Waals surface area contributed by atoms with Crippen LogP contribution in [0, 0.1) is 5.41 Å². The summed E-state index contributed by atoms with van der Waals surface area (Å²) in [6.07, 6.45) is 3.22. The Morgan fingerprint density at radius 1 is 1.28 bits per heavy atom. The first-order valence-electron chi connectivity index (χ1n) is 8.99. The normalized spacial score (nSPS) is 12.5. The number of carbonyl (C=O) groups is 2. The van der Waals surface area contributed by atoms with E-state index in [1.165, 1.54) is 0 Å². The zero-order chi connectivity index (χ0) is 19.0. The number of carboxylic acid groups (broad SMARTS) is 1. The van der Waals surface area contributed by atoms with E-state index in [9.17, 15) is 14.7 Å². The fourth-order valence-corrected chi connectivity index (χ4v) is 2.37. The van der Waals surface area contributed by atoms with Gasteiger partial charge < -0.3 is 15.2 Å². The van der Waals surface area contributed by atoms with Gasteiger partial charge >= 0.3 is 5.97 Å². The van der Waals surface area contributed by atoms with Gasteiger partial charge in [0.25, 0.3) is 0 Å². The van der Waals surface area contributed by atoms with Crippen molar-refractivity contribution in [3.63, 3.8) is 0 Å². The number of carboxylic acids is 1. The molecule has 1 unspecified atom stereocenters. The van der Waals surface area contributed by atoms with E-state index in [0.29, 0.717) is 18.8 Å². The molecule has 140 valence electrons. The molecule has 25 heavy (non-hydrogen) atoms. The fourth-order valence-electron chi connectivity index (χ4n) is 2.37. The van der Waals surface area contributed by atoms with E-state index in [-0.39, 0.29) is 22.9 Å². The molecule has 1 rings (SSSR count). The van der Waals surface area contributed by atoms with Crippen LogP contribution in [0.1, 0.15) is 82.3 Å². The molecule has 0 spiro atoms. The maximum Gasteiger partial charge on any atom is 0.339 e. The third-order valence-corrected chi connectivity index (χ3v) is 4.46. The molecule has 0 aliphatic rings. The first-order chi connectivity index (χ1) is 11.7. The molecule has 0 aromatic heterocycles. The SMILES string of the molecule is CCCCOc1ccc(C(C)NC(=O)CC(C)(C)CC)cc1C(=O)O. The van der Waals surface area contributed by atoms with Gasteiger partial charge in [-0.05, 0) is 36.5 Å². The molecule has 0 aliphatic carbocycles. The smallest absolute Gasteiger partial charge is 0.339 e. The predicted molar refractivity (Wildman–Crippen MR) is 99.1 cm³/mol. The summed E-state index contributed by atoms with van der Waals surface area (Å²) in [5.41, 5.74) is 0.832. The first kappa shape index (κ1) is 21.0. The molecule has 1 atom stereocenters. The molecule has 5 nitrogen and oxygen atoms in total. The van der Waals surface area contributed by atoms with Gasteiger partial charge in [-0.15, -0.1) is 0 Å². The number of rotatable bonds is 10. The third-order valence-electron chi connectivity index (χ3n) is 4.46. The number of hydrogen-bond acceptors (Lipinski definition) is 3. The zero-order valence-corrected chi connectivity index (χ0v) is 16.0. The summed E-state index contributed by atoms with van der Waals surface area (Å²) in [6.45, 7) is 10.6. The van der Waals surface area contributed by atoms with Gasteiger partial charge in [-0.25, -0.2) is 4.79 Å². The molecule has 5 heteroatoms. The summed E-state index contributed by atoms with van der Waals surface area (Å²) in [5.74, 6) is -0.686. The van der Waals surface area contributed by atoms with E-state index in [1.807, 2.05) is 13.0 Å². The molecule has 2 N–H and O–H groups in total. The van der Waals surface area contributed by atoms with Gasteiger partial charge in [-0.2, -0.15) is 0 Å². The second-order valence-electron chi connectivity index (χ2n) is 7.25. The molecule has 1 amide bonds. The standard InChI is InChI=1S/C20H31NO4/c1-6-8-11-25-17-10-9-15(12-16(17)19(23)24)14(3)21-18(22)13-20(4,5)7-2/h9-10,12,14H,6-8,11,13H2,1-5H3,(H,21,22)(H,23,24). The van der Waals surface area contributed by atoms with Gasteiger partial charge in [0, 0.05) is 6.42 Å². The van der Waals surface area contributed by atoms with Gasteiger partial charge in [0.05, 0.1) is 12.6 Å². The van der Waals surface area contributed by atoms with Crippen molar-refractivity contribution >= 4 is 11.9 Å². The average Bonchev–Trinajstić information content (AvgIpc) is 2.54. The molecule has 0 saturated carbocycles. The summed E-state index contributed by atoms with van der Waals surface area (Å²) in [4.78, 5) is 23.7. The number of nitrogens with one attached hydrogen (secondary N) is 1. The lowest BCUT2D eigenvalue weighted by atomic mass is 9.86. The molecule has 0 heterocycles. The van der Waals surface area contributed by atoms with Crippen LogP contribution in [0.3, 0.4) is 0 Å². The highest BCUT2D eigenvalue weighted by atomic mass is 16.5. The summed E-state index contributed by atoms with van der Waals surface area (Å²) >= 11 is 0. The Bertz CT molecular complexity index is 595. The Kier molecular flexibility index (Phi) is 7.94. The van der Waals surface area contributed by atoms with Gasteiger partial charge in [0.15, 0.2) is 0 Å². The van der Waals surface area contributed by atoms with E-state index >= 15 is 0 Å². The van der Waals surface area contributed by atoms with Crippen LogP contribution in [0.15, 0.2) is 18.2 Å². The highest BCUT2D eigenvalue weighted by Crippen LogP contribution is 2.26. The van der Waals surface area contributed by atoms with Crippen molar-refractivity contribution < 1.29 is 19.4 Å². The molecule has 0 radical (unpaired) electrons. The Morgan fingerprint density at radius 3 is 2.52 bits per heavy atom. The summed E-state index contributed by atoms with van der Waals surface area (Å²) in [6, 6.07) is 4.80. The monoisotopic (exact) mass is 349 g/mol. The number of ether oxygens (including phenoxy) is 1. The average molecular weight is 349 g/mol. The largest absolute Gasteiger partial charge is 0.493 e. The van der Waals surface area contributed by atoms with Crippen LogP contribution in [0.2, 0.25) is 0 Å². The maximum atomic E-state index is 12.2. The Labute approximate surface area is 150 Å². The number of amides is 1. The quantitative estimate of drug-likeness (QED) is 0.607. The molecule has 1 aromatic rings. The van der Waals surface area contributed by atoms with Crippen LogP contribution in [0.5, 0.6) is 5.75 Å².